The van der Waals surface area contributed by atoms with Crippen molar-refractivity contribution >= 4 is 43.9 Å². The minimum Gasteiger partial charge on any atom is -0.456 e. The highest BCUT2D eigenvalue weighted by Crippen LogP contribution is 2.35. The number of rotatable bonds is 1. The zero-order chi connectivity index (χ0) is 18.0. The zero-order valence-electron chi connectivity index (χ0n) is 14.7. The first-order valence-electron chi connectivity index (χ1n) is 8.96. The van der Waals surface area contributed by atoms with Crippen LogP contribution in [0.1, 0.15) is 5.56 Å². The van der Waals surface area contributed by atoms with E-state index in [9.17, 15) is 0 Å². The maximum Gasteiger partial charge on any atom is 0.153 e. The highest BCUT2D eigenvalue weighted by atomic mass is 16.3. The van der Waals surface area contributed by atoms with Gasteiger partial charge in [0.25, 0.3) is 0 Å². The van der Waals surface area contributed by atoms with E-state index in [0.29, 0.717) is 0 Å². The molecule has 3 heteroatoms. The van der Waals surface area contributed by atoms with Crippen molar-refractivity contribution in [3.05, 3.63) is 78.6 Å². The number of fused-ring (bicyclic) bond motifs is 6. The number of benzene rings is 3. The Morgan fingerprint density at radius 3 is 1.93 bits per heavy atom. The standard InChI is InChI=1S/C24H15NO2/c1-14-2-5-21-18(10-14)20-12-16(4-7-23(20)26-21)15-3-6-22-19(11-15)17-8-9-25-13-24(17)27-22/h2-13H,1H3. The van der Waals surface area contributed by atoms with Gasteiger partial charge in [-0.05, 0) is 60.5 Å². The third kappa shape index (κ3) is 2.12. The number of hydrogen-bond donors (Lipinski definition) is 0. The maximum absolute atomic E-state index is 5.99. The van der Waals surface area contributed by atoms with Crippen molar-refractivity contribution in [2.45, 2.75) is 6.92 Å². The SMILES string of the molecule is Cc1ccc2oc3ccc(-c4ccc5oc6cnccc6c5c4)cc3c2c1. The van der Waals surface area contributed by atoms with E-state index in [4.69, 9.17) is 8.83 Å². The summed E-state index contributed by atoms with van der Waals surface area (Å²) in [4.78, 5) is 4.15. The van der Waals surface area contributed by atoms with Gasteiger partial charge in [0.2, 0.25) is 0 Å². The van der Waals surface area contributed by atoms with Crippen LogP contribution in [0.5, 0.6) is 0 Å². The van der Waals surface area contributed by atoms with E-state index in [0.717, 1.165) is 55.0 Å². The van der Waals surface area contributed by atoms with Crippen LogP contribution in [0, 0.1) is 6.92 Å². The van der Waals surface area contributed by atoms with Crippen molar-refractivity contribution in [3.63, 3.8) is 0 Å². The lowest BCUT2D eigenvalue weighted by Gasteiger charge is -2.02. The number of hydrogen-bond acceptors (Lipinski definition) is 3. The summed E-state index contributed by atoms with van der Waals surface area (Å²) in [5.41, 5.74) is 7.10. The van der Waals surface area contributed by atoms with Crippen molar-refractivity contribution in [2.24, 2.45) is 0 Å². The number of nitrogens with zero attached hydrogens (tertiary/aromatic N) is 1. The Hall–Kier alpha value is -3.59. The Morgan fingerprint density at radius 2 is 1.19 bits per heavy atom. The normalized spacial score (nSPS) is 11.9. The van der Waals surface area contributed by atoms with Gasteiger partial charge in [-0.2, -0.15) is 0 Å². The summed E-state index contributed by atoms with van der Waals surface area (Å²) < 4.78 is 11.9. The highest BCUT2D eigenvalue weighted by molar-refractivity contribution is 6.08. The monoisotopic (exact) mass is 349 g/mol. The highest BCUT2D eigenvalue weighted by Gasteiger charge is 2.11. The predicted octanol–water partition coefficient (Wildman–Crippen LogP) is 6.86. The Labute approximate surface area is 154 Å². The molecule has 6 aromatic rings. The summed E-state index contributed by atoms with van der Waals surface area (Å²) in [5.74, 6) is 0. The Morgan fingerprint density at radius 1 is 0.593 bits per heavy atom. The van der Waals surface area contributed by atoms with E-state index in [1.165, 1.54) is 5.56 Å². The fourth-order valence-corrected chi connectivity index (χ4v) is 3.88. The van der Waals surface area contributed by atoms with Crippen molar-refractivity contribution in [1.29, 1.82) is 0 Å². The Balaban J connectivity index is 1.61. The molecule has 0 bridgehead atoms. The van der Waals surface area contributed by atoms with Crippen molar-refractivity contribution in [3.8, 4) is 11.1 Å². The van der Waals surface area contributed by atoms with Gasteiger partial charge in [0, 0.05) is 27.7 Å². The number of aryl methyl sites for hydroxylation is 1. The number of furan rings is 2. The van der Waals surface area contributed by atoms with Crippen molar-refractivity contribution in [2.75, 3.05) is 0 Å². The van der Waals surface area contributed by atoms with Crippen LogP contribution < -0.4 is 0 Å². The van der Waals surface area contributed by atoms with Gasteiger partial charge in [-0.25, -0.2) is 0 Å². The molecule has 27 heavy (non-hydrogen) atoms. The topological polar surface area (TPSA) is 39.2 Å². The van der Waals surface area contributed by atoms with Gasteiger partial charge in [-0.3, -0.25) is 4.98 Å². The van der Waals surface area contributed by atoms with Crippen LogP contribution in [0.4, 0.5) is 0 Å². The van der Waals surface area contributed by atoms with Crippen molar-refractivity contribution < 1.29 is 8.83 Å². The van der Waals surface area contributed by atoms with Gasteiger partial charge >= 0.3 is 0 Å². The molecule has 0 aliphatic heterocycles. The third-order valence-corrected chi connectivity index (χ3v) is 5.23. The van der Waals surface area contributed by atoms with Gasteiger partial charge in [0.15, 0.2) is 5.58 Å². The minimum absolute atomic E-state index is 0.816. The molecule has 3 nitrogen and oxygen atoms in total. The van der Waals surface area contributed by atoms with E-state index in [1.54, 1.807) is 12.4 Å². The van der Waals surface area contributed by atoms with E-state index in [-0.39, 0.29) is 0 Å². The maximum atomic E-state index is 5.99. The molecule has 0 fully saturated rings. The molecular formula is C24H15NO2. The molecule has 3 aromatic carbocycles. The molecule has 0 saturated carbocycles. The lowest BCUT2D eigenvalue weighted by molar-refractivity contribution is 0.667. The van der Waals surface area contributed by atoms with E-state index >= 15 is 0 Å². The minimum atomic E-state index is 0.816. The van der Waals surface area contributed by atoms with Gasteiger partial charge in [-0.15, -0.1) is 0 Å². The average Bonchev–Trinajstić information content (AvgIpc) is 3.25. The van der Waals surface area contributed by atoms with Crippen LogP contribution in [0.25, 0.3) is 55.0 Å². The largest absolute Gasteiger partial charge is 0.456 e. The van der Waals surface area contributed by atoms with E-state index in [1.807, 2.05) is 18.2 Å². The summed E-state index contributed by atoms with van der Waals surface area (Å²) in [5, 5.41) is 4.51. The van der Waals surface area contributed by atoms with Crippen LogP contribution in [0.3, 0.4) is 0 Å². The van der Waals surface area contributed by atoms with Crippen LogP contribution in [-0.4, -0.2) is 4.98 Å². The Bertz CT molecular complexity index is 1490. The van der Waals surface area contributed by atoms with Crippen molar-refractivity contribution in [1.82, 2.24) is 4.98 Å². The van der Waals surface area contributed by atoms with Gasteiger partial charge in [0.05, 0.1) is 6.20 Å². The second-order valence-corrected chi connectivity index (χ2v) is 7.00. The molecule has 3 heterocycles. The zero-order valence-corrected chi connectivity index (χ0v) is 14.7. The summed E-state index contributed by atoms with van der Waals surface area (Å²) in [6.07, 6.45) is 3.57. The first kappa shape index (κ1) is 14.6. The van der Waals surface area contributed by atoms with Gasteiger partial charge in [-0.1, -0.05) is 23.8 Å². The smallest absolute Gasteiger partial charge is 0.153 e. The first-order chi connectivity index (χ1) is 13.3. The lowest BCUT2D eigenvalue weighted by atomic mass is 10.0. The van der Waals surface area contributed by atoms with Crippen LogP contribution in [0.15, 0.2) is 81.9 Å². The third-order valence-electron chi connectivity index (χ3n) is 5.23. The Kier molecular flexibility index (Phi) is 2.81. The quantitative estimate of drug-likeness (QED) is 0.326. The molecular weight excluding hydrogens is 334 g/mol. The molecule has 0 N–H and O–H groups in total. The van der Waals surface area contributed by atoms with E-state index in [2.05, 4.69) is 54.4 Å². The molecule has 3 aromatic heterocycles. The van der Waals surface area contributed by atoms with Crippen LogP contribution >= 0.6 is 0 Å². The van der Waals surface area contributed by atoms with E-state index < -0.39 is 0 Å². The fraction of sp³-hybridized carbons (Fsp3) is 0.0417. The molecule has 128 valence electrons. The molecule has 0 saturated heterocycles. The molecule has 0 radical (unpaired) electrons. The summed E-state index contributed by atoms with van der Waals surface area (Å²) in [6.45, 7) is 2.11. The molecule has 0 amide bonds. The van der Waals surface area contributed by atoms with Gasteiger partial charge in [0.1, 0.15) is 16.7 Å². The second kappa shape index (κ2) is 5.21. The number of aromatic nitrogens is 1. The fourth-order valence-electron chi connectivity index (χ4n) is 3.88. The summed E-state index contributed by atoms with van der Waals surface area (Å²) in [6, 6.07) is 21.0. The van der Waals surface area contributed by atoms with Gasteiger partial charge < -0.3 is 8.83 Å². The summed E-state index contributed by atoms with van der Waals surface area (Å²) >= 11 is 0. The summed E-state index contributed by atoms with van der Waals surface area (Å²) in [7, 11) is 0. The lowest BCUT2D eigenvalue weighted by Crippen LogP contribution is -1.78. The molecule has 6 rings (SSSR count). The molecule has 0 aliphatic rings. The molecule has 0 unspecified atom stereocenters. The first-order valence-corrected chi connectivity index (χ1v) is 8.96. The predicted molar refractivity (Wildman–Crippen MR) is 109 cm³/mol. The molecule has 0 atom stereocenters. The van der Waals surface area contributed by atoms with Crippen LogP contribution in [-0.2, 0) is 0 Å². The molecule has 0 aliphatic carbocycles. The average molecular weight is 349 g/mol. The second-order valence-electron chi connectivity index (χ2n) is 7.00. The van der Waals surface area contributed by atoms with Crippen LogP contribution in [0.2, 0.25) is 0 Å². The number of pyridine rings is 1. The molecule has 0 spiro atoms.